The van der Waals surface area contributed by atoms with Gasteiger partial charge in [0.05, 0.1) is 0 Å². The minimum absolute atomic E-state index is 0.659. The molecular formula is C14H20N2. The smallest absolute Gasteiger partial charge is 0.128 e. The molecule has 1 aromatic rings. The number of rotatable bonds is 2. The van der Waals surface area contributed by atoms with Gasteiger partial charge in [0.15, 0.2) is 0 Å². The Labute approximate surface area is 97.7 Å². The third-order valence-electron chi connectivity index (χ3n) is 4.36. The van der Waals surface area contributed by atoms with Crippen molar-refractivity contribution in [2.45, 2.75) is 26.7 Å². The van der Waals surface area contributed by atoms with E-state index < -0.39 is 0 Å². The second-order valence-electron chi connectivity index (χ2n) is 5.96. The normalized spacial score (nSPS) is 23.3. The second kappa shape index (κ2) is 3.47. The molecule has 86 valence electrons. The van der Waals surface area contributed by atoms with Crippen molar-refractivity contribution in [3.8, 4) is 0 Å². The van der Waals surface area contributed by atoms with Gasteiger partial charge in [0.25, 0.3) is 0 Å². The fourth-order valence-electron chi connectivity index (χ4n) is 3.25. The highest BCUT2D eigenvalue weighted by molar-refractivity contribution is 5.43. The summed E-state index contributed by atoms with van der Waals surface area (Å²) in [4.78, 5) is 6.82. The van der Waals surface area contributed by atoms with Gasteiger partial charge in [-0.2, -0.15) is 0 Å². The summed E-state index contributed by atoms with van der Waals surface area (Å²) in [6.45, 7) is 7.17. The number of anilines is 1. The molecule has 1 aromatic heterocycles. The molecule has 0 aromatic carbocycles. The molecule has 0 radical (unpaired) electrons. The highest BCUT2D eigenvalue weighted by Crippen LogP contribution is 2.54. The van der Waals surface area contributed by atoms with E-state index in [0.717, 1.165) is 17.7 Å². The molecule has 1 saturated carbocycles. The van der Waals surface area contributed by atoms with Crippen molar-refractivity contribution < 1.29 is 0 Å². The van der Waals surface area contributed by atoms with E-state index in [0.29, 0.717) is 5.41 Å². The van der Waals surface area contributed by atoms with E-state index in [1.54, 1.807) is 0 Å². The molecule has 1 aliphatic heterocycles. The maximum atomic E-state index is 4.40. The molecule has 2 nitrogen and oxygen atoms in total. The monoisotopic (exact) mass is 216 g/mol. The van der Waals surface area contributed by atoms with Gasteiger partial charge in [0.2, 0.25) is 0 Å². The third-order valence-corrected chi connectivity index (χ3v) is 4.36. The molecule has 3 rings (SSSR count). The largest absolute Gasteiger partial charge is 0.355 e. The van der Waals surface area contributed by atoms with Crippen molar-refractivity contribution in [2.75, 3.05) is 18.0 Å². The molecule has 2 fully saturated rings. The third kappa shape index (κ3) is 1.51. The molecule has 16 heavy (non-hydrogen) atoms. The van der Waals surface area contributed by atoms with E-state index in [2.05, 4.69) is 35.9 Å². The van der Waals surface area contributed by atoms with Crippen molar-refractivity contribution in [2.24, 2.45) is 17.3 Å². The molecular weight excluding hydrogens is 196 g/mol. The average molecular weight is 216 g/mol. The number of hydrogen-bond acceptors (Lipinski definition) is 2. The van der Waals surface area contributed by atoms with E-state index in [1.165, 1.54) is 25.9 Å². The summed E-state index contributed by atoms with van der Waals surface area (Å²) in [7, 11) is 0. The predicted molar refractivity (Wildman–Crippen MR) is 66.4 cm³/mol. The molecule has 2 heterocycles. The van der Waals surface area contributed by atoms with Crippen LogP contribution in [0.5, 0.6) is 0 Å². The van der Waals surface area contributed by atoms with Crippen LogP contribution in [-0.2, 0) is 0 Å². The van der Waals surface area contributed by atoms with Gasteiger partial charge in [0.1, 0.15) is 5.82 Å². The first-order valence-corrected chi connectivity index (χ1v) is 6.35. The summed E-state index contributed by atoms with van der Waals surface area (Å²) in [5, 5.41) is 0. The Morgan fingerprint density at radius 3 is 2.62 bits per heavy atom. The number of hydrogen-bond donors (Lipinski definition) is 0. The zero-order valence-corrected chi connectivity index (χ0v) is 10.2. The lowest BCUT2D eigenvalue weighted by Crippen LogP contribution is -2.63. The van der Waals surface area contributed by atoms with Crippen LogP contribution in [-0.4, -0.2) is 18.1 Å². The lowest BCUT2D eigenvalue weighted by molar-refractivity contribution is -0.000964. The van der Waals surface area contributed by atoms with Crippen molar-refractivity contribution in [1.82, 2.24) is 4.98 Å². The summed E-state index contributed by atoms with van der Waals surface area (Å²) in [5.74, 6) is 3.00. The molecule has 0 bridgehead atoms. The highest BCUT2D eigenvalue weighted by atomic mass is 15.3. The van der Waals surface area contributed by atoms with Crippen LogP contribution < -0.4 is 4.90 Å². The van der Waals surface area contributed by atoms with Crippen LogP contribution in [0.3, 0.4) is 0 Å². The van der Waals surface area contributed by atoms with Crippen LogP contribution in [0.4, 0.5) is 5.82 Å². The molecule has 1 saturated heterocycles. The molecule has 0 N–H and O–H groups in total. The Morgan fingerprint density at radius 2 is 2.06 bits per heavy atom. The first-order chi connectivity index (χ1) is 7.69. The van der Waals surface area contributed by atoms with Crippen molar-refractivity contribution in [3.63, 3.8) is 0 Å². The minimum Gasteiger partial charge on any atom is -0.355 e. The molecule has 0 amide bonds. The maximum absolute atomic E-state index is 4.40. The summed E-state index contributed by atoms with van der Waals surface area (Å²) >= 11 is 0. The Hall–Kier alpha value is -1.05. The van der Waals surface area contributed by atoms with Crippen molar-refractivity contribution in [1.29, 1.82) is 0 Å². The van der Waals surface area contributed by atoms with Gasteiger partial charge in [-0.3, -0.25) is 0 Å². The Morgan fingerprint density at radius 1 is 1.31 bits per heavy atom. The van der Waals surface area contributed by atoms with Gasteiger partial charge in [-0.05, 0) is 36.8 Å². The fraction of sp³-hybridized carbons (Fsp3) is 0.643. The van der Waals surface area contributed by atoms with Gasteiger partial charge in [-0.25, -0.2) is 4.98 Å². The summed E-state index contributed by atoms with van der Waals surface area (Å²) in [6.07, 6.45) is 4.76. The molecule has 0 unspecified atom stereocenters. The SMILES string of the molecule is CC(C)C1CC2(C1)CN(c1ccccn1)C2. The fourth-order valence-corrected chi connectivity index (χ4v) is 3.25. The quantitative estimate of drug-likeness (QED) is 0.755. The van der Waals surface area contributed by atoms with Gasteiger partial charge < -0.3 is 4.90 Å². The number of pyridine rings is 1. The highest BCUT2D eigenvalue weighted by Gasteiger charge is 2.52. The Kier molecular flexibility index (Phi) is 2.20. The maximum Gasteiger partial charge on any atom is 0.128 e. The lowest BCUT2D eigenvalue weighted by atomic mass is 9.55. The Bertz CT molecular complexity index is 358. The van der Waals surface area contributed by atoms with E-state index in [1.807, 2.05) is 12.3 Å². The molecule has 2 heteroatoms. The minimum atomic E-state index is 0.659. The van der Waals surface area contributed by atoms with Gasteiger partial charge >= 0.3 is 0 Å². The first-order valence-electron chi connectivity index (χ1n) is 6.35. The van der Waals surface area contributed by atoms with Crippen LogP contribution >= 0.6 is 0 Å². The second-order valence-corrected chi connectivity index (χ2v) is 5.96. The van der Waals surface area contributed by atoms with E-state index >= 15 is 0 Å². The molecule has 1 aliphatic carbocycles. The lowest BCUT2D eigenvalue weighted by Gasteiger charge is -2.60. The summed E-state index contributed by atoms with van der Waals surface area (Å²) in [5.41, 5.74) is 0.659. The molecule has 0 atom stereocenters. The van der Waals surface area contributed by atoms with E-state index in [4.69, 9.17) is 0 Å². The number of nitrogens with zero attached hydrogens (tertiary/aromatic N) is 2. The zero-order valence-electron chi connectivity index (χ0n) is 10.2. The molecule has 1 spiro atoms. The van der Waals surface area contributed by atoms with Crippen LogP contribution in [0.1, 0.15) is 26.7 Å². The summed E-state index contributed by atoms with van der Waals surface area (Å²) in [6, 6.07) is 6.17. The van der Waals surface area contributed by atoms with Crippen LogP contribution in [0.15, 0.2) is 24.4 Å². The van der Waals surface area contributed by atoms with Crippen molar-refractivity contribution >= 4 is 5.82 Å². The molecule has 2 aliphatic rings. The Balaban J connectivity index is 1.57. The topological polar surface area (TPSA) is 16.1 Å². The zero-order chi connectivity index (χ0) is 11.2. The van der Waals surface area contributed by atoms with Gasteiger partial charge in [-0.1, -0.05) is 19.9 Å². The number of aromatic nitrogens is 1. The van der Waals surface area contributed by atoms with Crippen LogP contribution in [0.2, 0.25) is 0 Å². The average Bonchev–Trinajstić information content (AvgIpc) is 2.14. The van der Waals surface area contributed by atoms with Gasteiger partial charge in [-0.15, -0.1) is 0 Å². The van der Waals surface area contributed by atoms with Crippen LogP contribution in [0, 0.1) is 17.3 Å². The van der Waals surface area contributed by atoms with E-state index in [-0.39, 0.29) is 0 Å². The summed E-state index contributed by atoms with van der Waals surface area (Å²) < 4.78 is 0. The first kappa shape index (κ1) is 10.1. The van der Waals surface area contributed by atoms with E-state index in [9.17, 15) is 0 Å². The van der Waals surface area contributed by atoms with Gasteiger partial charge in [0, 0.05) is 24.7 Å². The predicted octanol–water partition coefficient (Wildman–Crippen LogP) is 2.95. The van der Waals surface area contributed by atoms with Crippen molar-refractivity contribution in [3.05, 3.63) is 24.4 Å². The van der Waals surface area contributed by atoms with Crippen LogP contribution in [0.25, 0.3) is 0 Å². The standard InChI is InChI=1S/C14H20N2/c1-11(2)12-7-14(8-12)9-16(10-14)13-5-3-4-6-15-13/h3-6,11-12H,7-10H2,1-2H3.